The van der Waals surface area contributed by atoms with Crippen LogP contribution >= 0.6 is 0 Å². The molecule has 1 saturated heterocycles. The Morgan fingerprint density at radius 3 is 2.19 bits per heavy atom. The van der Waals surface area contributed by atoms with Gasteiger partial charge in [-0.15, -0.1) is 0 Å². The fourth-order valence-electron chi connectivity index (χ4n) is 5.75. The van der Waals surface area contributed by atoms with Crippen LogP contribution < -0.4 is 4.90 Å². The average Bonchev–Trinajstić information content (AvgIpc) is 3.27. The van der Waals surface area contributed by atoms with Crippen molar-refractivity contribution in [2.75, 3.05) is 24.5 Å². The lowest BCUT2D eigenvalue weighted by molar-refractivity contribution is -0.119. The van der Waals surface area contributed by atoms with Gasteiger partial charge in [0.2, 0.25) is 14.9 Å². The highest BCUT2D eigenvalue weighted by Gasteiger charge is 2.31. The Balaban J connectivity index is 1.83. The van der Waals surface area contributed by atoms with Gasteiger partial charge in [-0.1, -0.05) is 62.2 Å². The van der Waals surface area contributed by atoms with Crippen molar-refractivity contribution in [3.05, 3.63) is 76.1 Å². The Morgan fingerprint density at radius 2 is 1.64 bits per heavy atom. The summed E-state index contributed by atoms with van der Waals surface area (Å²) in [5, 5.41) is 19.6. The number of nitrogens with zero attached hydrogens (tertiary/aromatic N) is 5. The van der Waals surface area contributed by atoms with Crippen molar-refractivity contribution in [2.24, 2.45) is 5.41 Å². The van der Waals surface area contributed by atoms with Gasteiger partial charge in [-0.05, 0) is 69.5 Å². The van der Waals surface area contributed by atoms with Gasteiger partial charge in [0.15, 0.2) is 5.57 Å². The molecule has 0 spiro atoms. The van der Waals surface area contributed by atoms with E-state index in [0.717, 1.165) is 16.8 Å². The lowest BCUT2D eigenvalue weighted by Gasteiger charge is -2.34. The van der Waals surface area contributed by atoms with E-state index in [1.54, 1.807) is 0 Å². The number of allylic oxidation sites excluding steroid dienone is 1. The first kappa shape index (κ1) is 32.9. The van der Waals surface area contributed by atoms with Gasteiger partial charge >= 0.3 is 0 Å². The van der Waals surface area contributed by atoms with Gasteiger partial charge in [0.1, 0.15) is 18.0 Å². The summed E-state index contributed by atoms with van der Waals surface area (Å²) in [5.41, 5.74) is 5.43. The van der Waals surface area contributed by atoms with Crippen LogP contribution in [0.1, 0.15) is 69.4 Å². The number of hydrogen-bond acceptors (Lipinski definition) is 6. The zero-order valence-corrected chi connectivity index (χ0v) is 27.8. The van der Waals surface area contributed by atoms with E-state index in [2.05, 4.69) is 95.1 Å². The molecule has 0 N–H and O–H groups in total. The van der Waals surface area contributed by atoms with E-state index in [0.29, 0.717) is 32.0 Å². The fourth-order valence-corrected chi connectivity index (χ4v) is 6.71. The van der Waals surface area contributed by atoms with E-state index in [9.17, 15) is 15.3 Å². The minimum Gasteiger partial charge on any atom is -0.410 e. The van der Waals surface area contributed by atoms with Gasteiger partial charge in [-0.25, -0.2) is 0 Å². The summed E-state index contributed by atoms with van der Waals surface area (Å²) in [5.74, 6) is 0.626. The van der Waals surface area contributed by atoms with Crippen molar-refractivity contribution in [2.45, 2.75) is 86.7 Å². The highest BCUT2D eigenvalue weighted by molar-refractivity contribution is 6.48. The van der Waals surface area contributed by atoms with Crippen molar-refractivity contribution >= 4 is 20.6 Å². The number of aryl methyl sites for hydroxylation is 2. The van der Waals surface area contributed by atoms with Crippen LogP contribution in [-0.2, 0) is 15.8 Å². The quantitative estimate of drug-likeness (QED) is 0.224. The lowest BCUT2D eigenvalue weighted by atomic mass is 9.84. The standard InChI is InChI=1S/C34H46N5O2Si/c1-24(2)39(30-12-10-11-28(20-30)32(34(5,6)7)41-42(8)9)31(40)13-14-37-15-16-38(33(37)29(21-35)22-36)23-27-18-25(3)17-26(4)19-27/h10-12,17-20,24,32H,13-16,23H2,1-9H3. The average molecular weight is 585 g/mol. The molecule has 1 unspecified atom stereocenters. The van der Waals surface area contributed by atoms with Gasteiger partial charge in [0, 0.05) is 44.3 Å². The van der Waals surface area contributed by atoms with Crippen molar-refractivity contribution in [1.82, 2.24) is 9.80 Å². The van der Waals surface area contributed by atoms with Gasteiger partial charge in [0.25, 0.3) is 0 Å². The van der Waals surface area contributed by atoms with Crippen LogP contribution in [0, 0.1) is 41.9 Å². The normalized spacial score (nSPS) is 14.3. The molecule has 8 heteroatoms. The Labute approximate surface area is 254 Å². The third-order valence-electron chi connectivity index (χ3n) is 7.31. The second-order valence-electron chi connectivity index (χ2n) is 12.8. The summed E-state index contributed by atoms with van der Waals surface area (Å²) >= 11 is 0. The SMILES string of the molecule is Cc1cc(C)cc(CN2CCN(CCC(=O)N(c3cccc(C(O[Si](C)C)C(C)(C)C)c3)C(C)C)C2=C(C#N)C#N)c1. The summed E-state index contributed by atoms with van der Waals surface area (Å²) in [7, 11) is -0.931. The van der Waals surface area contributed by atoms with Crippen LogP contribution in [0.3, 0.4) is 0 Å². The van der Waals surface area contributed by atoms with Crippen LogP contribution in [0.4, 0.5) is 5.69 Å². The van der Waals surface area contributed by atoms with E-state index in [1.807, 2.05) is 35.8 Å². The summed E-state index contributed by atoms with van der Waals surface area (Å²) in [4.78, 5) is 19.7. The molecule has 1 aliphatic heterocycles. The summed E-state index contributed by atoms with van der Waals surface area (Å²) < 4.78 is 6.42. The first-order chi connectivity index (χ1) is 19.7. The number of carbonyl (C=O) groups excluding carboxylic acids is 1. The summed E-state index contributed by atoms with van der Waals surface area (Å²) in [6.07, 6.45) is 0.199. The number of amides is 1. The van der Waals surface area contributed by atoms with Crippen molar-refractivity contribution in [3.63, 3.8) is 0 Å². The minimum absolute atomic E-state index is 0.00804. The lowest BCUT2D eigenvalue weighted by Crippen LogP contribution is -2.39. The van der Waals surface area contributed by atoms with Crippen LogP contribution in [0.5, 0.6) is 0 Å². The van der Waals surface area contributed by atoms with Gasteiger partial charge in [-0.3, -0.25) is 4.79 Å². The molecule has 0 aromatic heterocycles. The summed E-state index contributed by atoms with van der Waals surface area (Å²) in [6, 6.07) is 18.7. The molecule has 0 saturated carbocycles. The van der Waals surface area contributed by atoms with E-state index >= 15 is 0 Å². The van der Waals surface area contributed by atoms with Gasteiger partial charge in [-0.2, -0.15) is 10.5 Å². The number of hydrogen-bond donors (Lipinski definition) is 0. The minimum atomic E-state index is -0.931. The monoisotopic (exact) mass is 584 g/mol. The Morgan fingerprint density at radius 1 is 1.02 bits per heavy atom. The topological polar surface area (TPSA) is 83.6 Å². The van der Waals surface area contributed by atoms with Gasteiger partial charge in [0.05, 0.1) is 6.10 Å². The Bertz CT molecular complexity index is 1340. The molecule has 7 nitrogen and oxygen atoms in total. The molecule has 2 aromatic rings. The molecule has 1 atom stereocenters. The van der Waals surface area contributed by atoms with Crippen LogP contribution in [0.2, 0.25) is 13.1 Å². The van der Waals surface area contributed by atoms with Crippen LogP contribution in [0.15, 0.2) is 53.9 Å². The molecule has 0 bridgehead atoms. The predicted molar refractivity (Wildman–Crippen MR) is 171 cm³/mol. The van der Waals surface area contributed by atoms with E-state index in [1.165, 1.54) is 11.1 Å². The molecule has 1 amide bonds. The second-order valence-corrected chi connectivity index (χ2v) is 14.9. The molecule has 1 heterocycles. The number of benzene rings is 2. The Hall–Kier alpha value is -3.59. The van der Waals surface area contributed by atoms with E-state index in [4.69, 9.17) is 4.43 Å². The highest BCUT2D eigenvalue weighted by atomic mass is 28.3. The molecular formula is C34H46N5O2Si. The van der Waals surface area contributed by atoms with Crippen molar-refractivity contribution in [1.29, 1.82) is 10.5 Å². The third kappa shape index (κ3) is 8.24. The molecule has 1 radical (unpaired) electrons. The maximum atomic E-state index is 13.8. The summed E-state index contributed by atoms with van der Waals surface area (Å²) in [6.45, 7) is 21.4. The zero-order valence-electron chi connectivity index (χ0n) is 26.8. The smallest absolute Gasteiger partial charge is 0.229 e. The number of anilines is 1. The van der Waals surface area contributed by atoms with Crippen molar-refractivity contribution in [3.8, 4) is 12.1 Å². The largest absolute Gasteiger partial charge is 0.410 e. The fraction of sp³-hybridized carbons (Fsp3) is 0.500. The molecule has 42 heavy (non-hydrogen) atoms. The molecule has 2 aromatic carbocycles. The second kappa shape index (κ2) is 14.0. The number of rotatable bonds is 10. The van der Waals surface area contributed by atoms with Crippen molar-refractivity contribution < 1.29 is 9.22 Å². The molecule has 0 aliphatic carbocycles. The third-order valence-corrected chi connectivity index (χ3v) is 8.02. The maximum Gasteiger partial charge on any atom is 0.229 e. The van der Waals surface area contributed by atoms with Gasteiger partial charge < -0.3 is 19.1 Å². The highest BCUT2D eigenvalue weighted by Crippen LogP contribution is 2.38. The zero-order chi connectivity index (χ0) is 31.2. The molecule has 1 fully saturated rings. The first-order valence-corrected chi connectivity index (χ1v) is 17.2. The first-order valence-electron chi connectivity index (χ1n) is 14.8. The van der Waals surface area contributed by atoms with E-state index < -0.39 is 9.04 Å². The predicted octanol–water partition coefficient (Wildman–Crippen LogP) is 6.87. The Kier molecular flexibility index (Phi) is 11.0. The molecular weight excluding hydrogens is 538 g/mol. The molecule has 3 rings (SSSR count). The molecule has 223 valence electrons. The van der Waals surface area contributed by atoms with Crippen LogP contribution in [0.25, 0.3) is 0 Å². The van der Waals surface area contributed by atoms with Crippen LogP contribution in [-0.4, -0.2) is 50.4 Å². The molecule has 1 aliphatic rings. The number of nitriles is 2. The number of carbonyl (C=O) groups is 1. The van der Waals surface area contributed by atoms with E-state index in [-0.39, 0.29) is 35.5 Å². The maximum absolute atomic E-state index is 13.8.